The zero-order valence-electron chi connectivity index (χ0n) is 30.8. The number of phenols is 1. The molecular formula is C40H49N3O11. The van der Waals surface area contributed by atoms with Crippen LogP contribution in [0.15, 0.2) is 54.6 Å². The molecule has 2 aromatic carbocycles. The van der Waals surface area contributed by atoms with Crippen molar-refractivity contribution < 1.29 is 53.2 Å². The summed E-state index contributed by atoms with van der Waals surface area (Å²) in [5.74, 6) is -1.60. The number of aliphatic hydroxyl groups excluding tert-OH is 1. The van der Waals surface area contributed by atoms with Crippen molar-refractivity contribution in [1.82, 2.24) is 15.3 Å². The number of nitrogens with zero attached hydrogens (tertiary/aromatic N) is 2. The SMILES string of the molecule is CC(C)(C)OC(=O)CCC(CO)NC(=O)C1CCCN1C(=O)C12CC3OC(=O)C1N(Cc1ccc(C=CCc4ccccc4O)cc1)OC2C1OCOC31. The molecule has 0 radical (unpaired) electrons. The number of aromatic hydroxyl groups is 1. The number of para-hydroxylation sites is 1. The number of rotatable bonds is 12. The lowest BCUT2D eigenvalue weighted by Crippen LogP contribution is -2.70. The fourth-order valence-corrected chi connectivity index (χ4v) is 8.47. The number of hydrogen-bond donors (Lipinski definition) is 3. The summed E-state index contributed by atoms with van der Waals surface area (Å²) in [6.45, 7) is 5.35. The van der Waals surface area contributed by atoms with Crippen LogP contribution in [0.3, 0.4) is 0 Å². The number of aliphatic hydroxyl groups is 1. The van der Waals surface area contributed by atoms with Gasteiger partial charge in [0, 0.05) is 19.4 Å². The smallest absolute Gasteiger partial charge is 0.327 e. The molecule has 1 aliphatic carbocycles. The van der Waals surface area contributed by atoms with Gasteiger partial charge in [0.1, 0.15) is 54.0 Å². The third kappa shape index (κ3) is 7.50. The molecule has 4 heterocycles. The van der Waals surface area contributed by atoms with Crippen LogP contribution in [-0.2, 0) is 55.9 Å². The van der Waals surface area contributed by atoms with E-state index >= 15 is 4.79 Å². The number of ether oxygens (including phenoxy) is 4. The Hall–Kier alpha value is -4.34. The fraction of sp³-hybridized carbons (Fsp3) is 0.550. The van der Waals surface area contributed by atoms with Crippen LogP contribution in [-0.4, -0.2) is 112 Å². The minimum Gasteiger partial charge on any atom is -0.508 e. The van der Waals surface area contributed by atoms with E-state index in [1.807, 2.05) is 48.6 Å². The maximum absolute atomic E-state index is 15.0. The molecule has 5 aliphatic rings. The molecule has 1 saturated carbocycles. The van der Waals surface area contributed by atoms with Crippen molar-refractivity contribution in [2.24, 2.45) is 5.41 Å². The highest BCUT2D eigenvalue weighted by atomic mass is 16.8. The molecule has 8 atom stereocenters. The van der Waals surface area contributed by atoms with Crippen LogP contribution in [0.2, 0.25) is 0 Å². The van der Waals surface area contributed by atoms with E-state index < -0.39 is 78.0 Å². The number of nitrogens with one attached hydrogen (secondary N) is 1. The minimum absolute atomic E-state index is 0.00291. The lowest BCUT2D eigenvalue weighted by molar-refractivity contribution is -0.204. The monoisotopic (exact) mass is 747 g/mol. The Bertz CT molecular complexity index is 1760. The quantitative estimate of drug-likeness (QED) is 0.272. The molecule has 7 rings (SSSR count). The molecule has 5 fully saturated rings. The molecule has 14 nitrogen and oxygen atoms in total. The van der Waals surface area contributed by atoms with Crippen LogP contribution in [0.1, 0.15) is 69.6 Å². The van der Waals surface area contributed by atoms with Crippen molar-refractivity contribution in [2.45, 2.75) is 114 Å². The Morgan fingerprint density at radius 1 is 1.09 bits per heavy atom. The third-order valence-electron chi connectivity index (χ3n) is 10.9. The number of fused-ring (bicyclic) bond motifs is 4. The molecule has 14 heteroatoms. The Kier molecular flexibility index (Phi) is 10.8. The second-order valence-electron chi connectivity index (χ2n) is 15.8. The zero-order chi connectivity index (χ0) is 38.2. The third-order valence-corrected chi connectivity index (χ3v) is 10.9. The largest absolute Gasteiger partial charge is 0.508 e. The number of hydroxylamine groups is 2. The number of amides is 2. The fourth-order valence-electron chi connectivity index (χ4n) is 8.47. The van der Waals surface area contributed by atoms with Gasteiger partial charge in [-0.1, -0.05) is 54.6 Å². The molecule has 8 unspecified atom stereocenters. The highest BCUT2D eigenvalue weighted by Gasteiger charge is 2.75. The first-order valence-corrected chi connectivity index (χ1v) is 18.7. The highest BCUT2D eigenvalue weighted by Crippen LogP contribution is 2.56. The van der Waals surface area contributed by atoms with Crippen LogP contribution in [0.25, 0.3) is 6.08 Å². The maximum Gasteiger partial charge on any atom is 0.327 e. The number of benzene rings is 2. The predicted octanol–water partition coefficient (Wildman–Crippen LogP) is 2.78. The average Bonchev–Trinajstić information content (AvgIpc) is 3.89. The number of hydrogen-bond acceptors (Lipinski definition) is 12. The predicted molar refractivity (Wildman–Crippen MR) is 192 cm³/mol. The minimum atomic E-state index is -1.41. The molecule has 54 heavy (non-hydrogen) atoms. The summed E-state index contributed by atoms with van der Waals surface area (Å²) in [5, 5.41) is 24.5. The van der Waals surface area contributed by atoms with E-state index in [0.717, 1.165) is 16.7 Å². The normalized spacial score (nSPS) is 29.6. The second kappa shape index (κ2) is 15.4. The summed E-state index contributed by atoms with van der Waals surface area (Å²) >= 11 is 0. The molecule has 4 saturated heterocycles. The Morgan fingerprint density at radius 3 is 2.59 bits per heavy atom. The molecule has 4 aliphatic heterocycles. The molecule has 2 aromatic rings. The lowest BCUT2D eigenvalue weighted by Gasteiger charge is -2.50. The maximum atomic E-state index is 15.0. The number of carbonyl (C=O) groups excluding carboxylic acids is 4. The van der Waals surface area contributed by atoms with Gasteiger partial charge in [0.25, 0.3) is 0 Å². The van der Waals surface area contributed by atoms with Crippen LogP contribution >= 0.6 is 0 Å². The van der Waals surface area contributed by atoms with Gasteiger partial charge in [-0.2, -0.15) is 5.06 Å². The van der Waals surface area contributed by atoms with Gasteiger partial charge in [-0.25, -0.2) is 0 Å². The van der Waals surface area contributed by atoms with Crippen molar-refractivity contribution in [2.75, 3.05) is 19.9 Å². The van der Waals surface area contributed by atoms with Gasteiger partial charge in [-0.3, -0.25) is 24.0 Å². The summed E-state index contributed by atoms with van der Waals surface area (Å²) in [7, 11) is 0. The summed E-state index contributed by atoms with van der Waals surface area (Å²) < 4.78 is 23.1. The van der Waals surface area contributed by atoms with Gasteiger partial charge in [-0.15, -0.1) is 0 Å². The first kappa shape index (κ1) is 38.0. The summed E-state index contributed by atoms with van der Waals surface area (Å²) in [6, 6.07) is 12.3. The van der Waals surface area contributed by atoms with Crippen LogP contribution in [0.4, 0.5) is 0 Å². The number of allylic oxidation sites excluding steroid dienone is 1. The number of phenolic OH excluding ortho intramolecular Hbond substituents is 1. The average molecular weight is 748 g/mol. The topological polar surface area (TPSA) is 173 Å². The lowest BCUT2D eigenvalue weighted by atomic mass is 9.62. The van der Waals surface area contributed by atoms with E-state index in [1.54, 1.807) is 32.9 Å². The van der Waals surface area contributed by atoms with Crippen molar-refractivity contribution in [3.63, 3.8) is 0 Å². The van der Waals surface area contributed by atoms with E-state index in [4.69, 9.17) is 23.8 Å². The van der Waals surface area contributed by atoms with E-state index in [9.17, 15) is 24.6 Å². The molecule has 290 valence electrons. The first-order chi connectivity index (χ1) is 25.9. The molecule has 0 spiro atoms. The summed E-state index contributed by atoms with van der Waals surface area (Å²) in [4.78, 5) is 63.1. The van der Waals surface area contributed by atoms with Crippen LogP contribution < -0.4 is 5.32 Å². The number of likely N-dealkylation sites (tertiary alicyclic amines) is 1. The van der Waals surface area contributed by atoms with E-state index in [0.29, 0.717) is 25.8 Å². The van der Waals surface area contributed by atoms with Gasteiger partial charge in [0.2, 0.25) is 11.8 Å². The van der Waals surface area contributed by atoms with E-state index in [2.05, 4.69) is 5.32 Å². The van der Waals surface area contributed by atoms with Crippen molar-refractivity contribution >= 4 is 29.8 Å². The number of esters is 2. The Labute approximate surface area is 314 Å². The van der Waals surface area contributed by atoms with Gasteiger partial charge >= 0.3 is 11.9 Å². The van der Waals surface area contributed by atoms with Gasteiger partial charge in [0.15, 0.2) is 6.04 Å². The van der Waals surface area contributed by atoms with Gasteiger partial charge in [0.05, 0.1) is 19.2 Å². The van der Waals surface area contributed by atoms with Crippen molar-refractivity contribution in [3.8, 4) is 5.75 Å². The van der Waals surface area contributed by atoms with Crippen LogP contribution in [0, 0.1) is 5.41 Å². The van der Waals surface area contributed by atoms with E-state index in [-0.39, 0.29) is 44.3 Å². The molecule has 2 amide bonds. The van der Waals surface area contributed by atoms with E-state index in [1.165, 1.54) is 9.96 Å². The molecule has 2 bridgehead atoms. The zero-order valence-corrected chi connectivity index (χ0v) is 30.8. The van der Waals surface area contributed by atoms with Gasteiger partial charge < -0.3 is 39.4 Å². The number of carbonyl (C=O) groups is 4. The molecule has 3 N–H and O–H groups in total. The van der Waals surface area contributed by atoms with Gasteiger partial charge in [-0.05, 0) is 69.2 Å². The summed E-state index contributed by atoms with van der Waals surface area (Å²) in [6.07, 6.45) is 2.91. The molecule has 0 aromatic heterocycles. The van der Waals surface area contributed by atoms with Crippen molar-refractivity contribution in [1.29, 1.82) is 0 Å². The van der Waals surface area contributed by atoms with Crippen LogP contribution in [0.5, 0.6) is 5.75 Å². The first-order valence-electron chi connectivity index (χ1n) is 18.7. The summed E-state index contributed by atoms with van der Waals surface area (Å²) in [5.41, 5.74) is 0.547. The second-order valence-corrected chi connectivity index (χ2v) is 15.8. The standard InChI is InChI=1S/C40H49N3O11/c1-39(2,3)53-31(46)18-17-27(22-44)41-36(47)28-11-7-19-42(28)38(49)40-20-30-32-33(51-23-50-32)35(40)54-43(34(40)37(48)52-30)21-25-15-13-24(14-16-25)8-6-10-26-9-4-5-12-29(26)45/h4-6,8-9,12-16,27-28,30,32-35,44-45H,7,10-11,17-23H2,1-3H3,(H,41,47). The highest BCUT2D eigenvalue weighted by molar-refractivity contribution is 5.96. The Balaban J connectivity index is 1.08. The van der Waals surface area contributed by atoms with Crippen molar-refractivity contribution in [3.05, 3.63) is 71.3 Å². The molecular weight excluding hydrogens is 698 g/mol. The Morgan fingerprint density at radius 2 is 1.85 bits per heavy atom.